The van der Waals surface area contributed by atoms with Crippen molar-refractivity contribution in [3.05, 3.63) is 35.4 Å². The smallest absolute Gasteiger partial charge is 0.0839 e. The molecule has 0 amide bonds. The molecule has 1 fully saturated rings. The van der Waals surface area contributed by atoms with E-state index in [9.17, 15) is 0 Å². The van der Waals surface area contributed by atoms with E-state index in [1.165, 1.54) is 11.1 Å². The zero-order valence-electron chi connectivity index (χ0n) is 8.57. The van der Waals surface area contributed by atoms with Gasteiger partial charge in [0.2, 0.25) is 0 Å². The summed E-state index contributed by atoms with van der Waals surface area (Å²) in [5, 5.41) is 0. The van der Waals surface area contributed by atoms with E-state index < -0.39 is 0 Å². The molecule has 0 radical (unpaired) electrons. The molecular weight excluding hydrogens is 174 g/mol. The van der Waals surface area contributed by atoms with Crippen molar-refractivity contribution in [1.82, 2.24) is 0 Å². The molecular formula is C12H17NO. The van der Waals surface area contributed by atoms with Crippen molar-refractivity contribution in [2.45, 2.75) is 31.9 Å². The van der Waals surface area contributed by atoms with E-state index in [2.05, 4.69) is 31.2 Å². The number of benzene rings is 1. The fourth-order valence-electron chi connectivity index (χ4n) is 1.84. The molecule has 14 heavy (non-hydrogen) atoms. The molecule has 0 aromatic heterocycles. The molecule has 1 heterocycles. The van der Waals surface area contributed by atoms with Gasteiger partial charge in [0.1, 0.15) is 0 Å². The van der Waals surface area contributed by atoms with Crippen LogP contribution in [0.1, 0.15) is 30.1 Å². The van der Waals surface area contributed by atoms with E-state index in [-0.39, 0.29) is 6.10 Å². The fourth-order valence-corrected chi connectivity index (χ4v) is 1.84. The van der Waals surface area contributed by atoms with Crippen molar-refractivity contribution in [3.63, 3.8) is 0 Å². The van der Waals surface area contributed by atoms with Gasteiger partial charge in [0.15, 0.2) is 0 Å². The van der Waals surface area contributed by atoms with Crippen LogP contribution in [0.4, 0.5) is 0 Å². The molecule has 76 valence electrons. The van der Waals surface area contributed by atoms with E-state index in [0.717, 1.165) is 19.4 Å². The molecule has 1 aliphatic rings. The van der Waals surface area contributed by atoms with E-state index in [1.807, 2.05) is 0 Å². The molecule has 1 saturated heterocycles. The quantitative estimate of drug-likeness (QED) is 0.738. The monoisotopic (exact) mass is 191 g/mol. The van der Waals surface area contributed by atoms with Gasteiger partial charge in [-0.3, -0.25) is 0 Å². The third-order valence-corrected chi connectivity index (χ3v) is 2.77. The molecule has 1 aliphatic heterocycles. The third kappa shape index (κ3) is 2.14. The SMILES string of the molecule is Cc1ccc(C2CC(N)CCO2)cc1. The minimum absolute atomic E-state index is 0.208. The highest BCUT2D eigenvalue weighted by Gasteiger charge is 2.20. The Morgan fingerprint density at radius 1 is 1.29 bits per heavy atom. The molecule has 0 bridgehead atoms. The molecule has 1 aromatic carbocycles. The van der Waals surface area contributed by atoms with Crippen LogP contribution in [-0.4, -0.2) is 12.6 Å². The first-order valence-corrected chi connectivity index (χ1v) is 5.19. The lowest BCUT2D eigenvalue weighted by atomic mass is 9.97. The molecule has 2 nitrogen and oxygen atoms in total. The Hall–Kier alpha value is -0.860. The van der Waals surface area contributed by atoms with Gasteiger partial charge in [-0.05, 0) is 25.3 Å². The molecule has 2 atom stereocenters. The lowest BCUT2D eigenvalue weighted by molar-refractivity contribution is 0.00667. The second-order valence-corrected chi connectivity index (χ2v) is 4.05. The number of aryl methyl sites for hydroxylation is 1. The Morgan fingerprint density at radius 3 is 2.64 bits per heavy atom. The number of hydrogen-bond donors (Lipinski definition) is 1. The molecule has 2 heteroatoms. The summed E-state index contributed by atoms with van der Waals surface area (Å²) >= 11 is 0. The van der Waals surface area contributed by atoms with Crippen LogP contribution in [-0.2, 0) is 4.74 Å². The second kappa shape index (κ2) is 4.11. The average Bonchev–Trinajstić information content (AvgIpc) is 2.19. The maximum atomic E-state index is 5.91. The molecule has 2 N–H and O–H groups in total. The first kappa shape index (κ1) is 9.69. The highest BCUT2D eigenvalue weighted by molar-refractivity contribution is 5.23. The van der Waals surface area contributed by atoms with Gasteiger partial charge in [0.25, 0.3) is 0 Å². The van der Waals surface area contributed by atoms with Gasteiger partial charge >= 0.3 is 0 Å². The van der Waals surface area contributed by atoms with Gasteiger partial charge in [-0.1, -0.05) is 29.8 Å². The largest absolute Gasteiger partial charge is 0.373 e. The summed E-state index contributed by atoms with van der Waals surface area (Å²) in [6.45, 7) is 2.89. The third-order valence-electron chi connectivity index (χ3n) is 2.77. The van der Waals surface area contributed by atoms with Gasteiger partial charge in [0, 0.05) is 12.6 Å². The van der Waals surface area contributed by atoms with Gasteiger partial charge < -0.3 is 10.5 Å². The van der Waals surface area contributed by atoms with E-state index in [0.29, 0.717) is 6.04 Å². The zero-order valence-corrected chi connectivity index (χ0v) is 8.57. The summed E-state index contributed by atoms with van der Waals surface area (Å²) in [7, 11) is 0. The summed E-state index contributed by atoms with van der Waals surface area (Å²) in [5.41, 5.74) is 8.45. The van der Waals surface area contributed by atoms with Crippen molar-refractivity contribution in [1.29, 1.82) is 0 Å². The first-order chi connectivity index (χ1) is 6.75. The van der Waals surface area contributed by atoms with Crippen LogP contribution in [0.5, 0.6) is 0 Å². The van der Waals surface area contributed by atoms with Crippen LogP contribution in [0.25, 0.3) is 0 Å². The molecule has 0 spiro atoms. The highest BCUT2D eigenvalue weighted by Crippen LogP contribution is 2.27. The number of rotatable bonds is 1. The van der Waals surface area contributed by atoms with Crippen molar-refractivity contribution in [2.75, 3.05) is 6.61 Å². The predicted molar refractivity (Wildman–Crippen MR) is 57.1 cm³/mol. The molecule has 0 saturated carbocycles. The molecule has 2 unspecified atom stereocenters. The Balaban J connectivity index is 2.10. The zero-order chi connectivity index (χ0) is 9.97. The molecule has 0 aliphatic carbocycles. The van der Waals surface area contributed by atoms with Crippen LogP contribution in [0.2, 0.25) is 0 Å². The predicted octanol–water partition coefficient (Wildman–Crippen LogP) is 2.17. The van der Waals surface area contributed by atoms with E-state index in [1.54, 1.807) is 0 Å². The van der Waals surface area contributed by atoms with Gasteiger partial charge in [-0.2, -0.15) is 0 Å². The summed E-state index contributed by atoms with van der Waals surface area (Å²) in [5.74, 6) is 0. The highest BCUT2D eigenvalue weighted by atomic mass is 16.5. The number of ether oxygens (including phenoxy) is 1. The maximum Gasteiger partial charge on any atom is 0.0839 e. The number of hydrogen-bond acceptors (Lipinski definition) is 2. The van der Waals surface area contributed by atoms with Crippen molar-refractivity contribution < 1.29 is 4.74 Å². The van der Waals surface area contributed by atoms with Crippen molar-refractivity contribution in [2.24, 2.45) is 5.73 Å². The average molecular weight is 191 g/mol. The minimum Gasteiger partial charge on any atom is -0.373 e. The molecule has 2 rings (SSSR count). The Morgan fingerprint density at radius 2 is 2.00 bits per heavy atom. The summed E-state index contributed by atoms with van der Waals surface area (Å²) in [6, 6.07) is 8.82. The normalized spacial score (nSPS) is 27.6. The fraction of sp³-hybridized carbons (Fsp3) is 0.500. The Kier molecular flexibility index (Phi) is 2.85. The van der Waals surface area contributed by atoms with Crippen LogP contribution in [0, 0.1) is 6.92 Å². The van der Waals surface area contributed by atoms with Crippen LogP contribution in [0.15, 0.2) is 24.3 Å². The molecule has 1 aromatic rings. The van der Waals surface area contributed by atoms with Crippen molar-refractivity contribution >= 4 is 0 Å². The van der Waals surface area contributed by atoms with Crippen LogP contribution in [0.3, 0.4) is 0 Å². The van der Waals surface area contributed by atoms with Crippen molar-refractivity contribution in [3.8, 4) is 0 Å². The lowest BCUT2D eigenvalue weighted by Gasteiger charge is -2.27. The minimum atomic E-state index is 0.208. The standard InChI is InChI=1S/C12H17NO/c1-9-2-4-10(5-3-9)12-8-11(13)6-7-14-12/h2-5,11-12H,6-8,13H2,1H3. The van der Waals surface area contributed by atoms with Gasteiger partial charge in [0.05, 0.1) is 6.10 Å². The van der Waals surface area contributed by atoms with Gasteiger partial charge in [-0.25, -0.2) is 0 Å². The summed E-state index contributed by atoms with van der Waals surface area (Å²) < 4.78 is 5.69. The second-order valence-electron chi connectivity index (χ2n) is 4.05. The summed E-state index contributed by atoms with van der Waals surface area (Å²) in [6.07, 6.45) is 2.14. The van der Waals surface area contributed by atoms with Gasteiger partial charge in [-0.15, -0.1) is 0 Å². The van der Waals surface area contributed by atoms with E-state index in [4.69, 9.17) is 10.5 Å². The van der Waals surface area contributed by atoms with E-state index >= 15 is 0 Å². The Labute approximate surface area is 85.1 Å². The maximum absolute atomic E-state index is 5.91. The number of nitrogens with two attached hydrogens (primary N) is 1. The lowest BCUT2D eigenvalue weighted by Crippen LogP contribution is -2.30. The van der Waals surface area contributed by atoms with Crippen LogP contribution < -0.4 is 5.73 Å². The Bertz CT molecular complexity index is 294. The van der Waals surface area contributed by atoms with Crippen LogP contribution >= 0.6 is 0 Å². The first-order valence-electron chi connectivity index (χ1n) is 5.19. The topological polar surface area (TPSA) is 35.2 Å². The summed E-state index contributed by atoms with van der Waals surface area (Å²) in [4.78, 5) is 0.